The number of aromatic nitrogens is 6. The number of fused-ring (bicyclic) bond motifs is 11. The third kappa shape index (κ3) is 3.93. The fraction of sp³-hybridized carbons (Fsp3) is 0. The molecule has 0 N–H and O–H groups in total. The smallest absolute Gasteiger partial charge is 0.228 e. The third-order valence-corrected chi connectivity index (χ3v) is 9.53. The van der Waals surface area contributed by atoms with Crippen LogP contribution in [0.2, 0.25) is 0 Å². The quantitative estimate of drug-likeness (QED) is 0.175. The van der Waals surface area contributed by atoms with Crippen molar-refractivity contribution in [3.63, 3.8) is 0 Å². The zero-order valence-electron chi connectivity index (χ0n) is 26.2. The van der Waals surface area contributed by atoms with E-state index in [1.807, 2.05) is 66.9 Å². The van der Waals surface area contributed by atoms with Crippen molar-refractivity contribution in [1.29, 1.82) is 0 Å². The first-order valence-corrected chi connectivity index (χ1v) is 16.3. The summed E-state index contributed by atoms with van der Waals surface area (Å²) in [6.45, 7) is 0. The number of benzene rings is 5. The highest BCUT2D eigenvalue weighted by Gasteiger charge is 2.21. The molecule has 11 rings (SSSR count). The van der Waals surface area contributed by atoms with Crippen molar-refractivity contribution in [1.82, 2.24) is 29.9 Å². The molecule has 0 bridgehead atoms. The van der Waals surface area contributed by atoms with E-state index in [1.54, 1.807) is 12.4 Å². The summed E-state index contributed by atoms with van der Waals surface area (Å²) in [7, 11) is 0. The Morgan fingerprint density at radius 1 is 0.420 bits per heavy atom. The summed E-state index contributed by atoms with van der Waals surface area (Å²) in [5.41, 5.74) is 5.81. The van der Waals surface area contributed by atoms with Crippen LogP contribution in [0.4, 0.5) is 0 Å². The van der Waals surface area contributed by atoms with E-state index in [-0.39, 0.29) is 0 Å². The molecule has 6 heterocycles. The van der Waals surface area contributed by atoms with Crippen LogP contribution in [0.25, 0.3) is 111 Å². The third-order valence-electron chi connectivity index (χ3n) is 9.53. The predicted molar refractivity (Wildman–Crippen MR) is 197 cm³/mol. The zero-order chi connectivity index (χ0) is 32.8. The Kier molecular flexibility index (Phi) is 5.51. The molecule has 0 amide bonds. The Bertz CT molecular complexity index is 3050. The molecule has 232 valence electrons. The van der Waals surface area contributed by atoms with Gasteiger partial charge in [0.1, 0.15) is 11.2 Å². The molecule has 0 unspecified atom stereocenters. The lowest BCUT2D eigenvalue weighted by Gasteiger charge is -2.11. The molecule has 11 aromatic rings. The first-order valence-electron chi connectivity index (χ1n) is 16.3. The fourth-order valence-corrected chi connectivity index (χ4v) is 7.22. The van der Waals surface area contributed by atoms with Crippen LogP contribution >= 0.6 is 0 Å². The summed E-state index contributed by atoms with van der Waals surface area (Å²) in [5.74, 6) is 1.52. The molecule has 0 aliphatic carbocycles. The molecular formula is C42H22N6O2. The number of nitrogens with zero attached hydrogens (tertiary/aromatic N) is 6. The highest BCUT2D eigenvalue weighted by molar-refractivity contribution is 6.16. The number of furan rings is 2. The second-order valence-electron chi connectivity index (χ2n) is 12.3. The van der Waals surface area contributed by atoms with E-state index in [1.165, 1.54) is 10.8 Å². The van der Waals surface area contributed by atoms with E-state index in [4.69, 9.17) is 28.8 Å². The lowest BCUT2D eigenvalue weighted by Crippen LogP contribution is -2.01. The molecule has 0 saturated heterocycles. The summed E-state index contributed by atoms with van der Waals surface area (Å²) in [5, 5.41) is 9.28. The molecule has 5 aromatic carbocycles. The van der Waals surface area contributed by atoms with E-state index in [9.17, 15) is 0 Å². The Morgan fingerprint density at radius 3 is 1.68 bits per heavy atom. The van der Waals surface area contributed by atoms with Crippen LogP contribution in [-0.2, 0) is 0 Å². The molecule has 6 aromatic heterocycles. The Hall–Kier alpha value is -7.06. The van der Waals surface area contributed by atoms with Gasteiger partial charge in [0, 0.05) is 56.8 Å². The average Bonchev–Trinajstić information content (AvgIpc) is 3.76. The van der Waals surface area contributed by atoms with Gasteiger partial charge in [-0.2, -0.15) is 0 Å². The monoisotopic (exact) mass is 642 g/mol. The Morgan fingerprint density at radius 2 is 1.00 bits per heavy atom. The van der Waals surface area contributed by atoms with Crippen molar-refractivity contribution in [3.05, 3.63) is 134 Å². The highest BCUT2D eigenvalue weighted by atomic mass is 16.3. The molecule has 8 nitrogen and oxygen atoms in total. The van der Waals surface area contributed by atoms with Crippen LogP contribution < -0.4 is 0 Å². The average molecular weight is 643 g/mol. The van der Waals surface area contributed by atoms with Gasteiger partial charge in [-0.1, -0.05) is 84.9 Å². The summed E-state index contributed by atoms with van der Waals surface area (Å²) in [6.07, 6.45) is 5.42. The van der Waals surface area contributed by atoms with Gasteiger partial charge in [0.2, 0.25) is 11.4 Å². The van der Waals surface area contributed by atoms with Crippen molar-refractivity contribution in [3.8, 4) is 34.2 Å². The van der Waals surface area contributed by atoms with Gasteiger partial charge in [-0.25, -0.2) is 24.9 Å². The van der Waals surface area contributed by atoms with E-state index in [0.717, 1.165) is 71.1 Å². The Balaban J connectivity index is 1.18. The minimum atomic E-state index is 0.500. The SMILES string of the molecule is c1ccc2c(c1)ccc1c3ccc(-c4nc(-c5ccnc6oc7ccccc7c56)nc(-c5ccnc6oc7ccccc7c56)n4)cc3ncc21. The molecule has 0 aliphatic heterocycles. The van der Waals surface area contributed by atoms with Crippen molar-refractivity contribution >= 4 is 76.6 Å². The highest BCUT2D eigenvalue weighted by Crippen LogP contribution is 2.39. The topological polar surface area (TPSA) is 104 Å². The lowest BCUT2D eigenvalue weighted by molar-refractivity contribution is 0.654. The second-order valence-corrected chi connectivity index (χ2v) is 12.3. The van der Waals surface area contributed by atoms with Crippen molar-refractivity contribution < 1.29 is 8.83 Å². The Labute approximate surface area is 282 Å². The molecule has 0 spiro atoms. The molecule has 50 heavy (non-hydrogen) atoms. The maximum atomic E-state index is 6.14. The number of hydrogen-bond acceptors (Lipinski definition) is 8. The van der Waals surface area contributed by atoms with Gasteiger partial charge in [-0.05, 0) is 46.5 Å². The summed E-state index contributed by atoms with van der Waals surface area (Å²) in [4.78, 5) is 29.4. The van der Waals surface area contributed by atoms with E-state index in [0.29, 0.717) is 28.9 Å². The second kappa shape index (κ2) is 10.2. The normalized spacial score (nSPS) is 12.0. The van der Waals surface area contributed by atoms with Gasteiger partial charge in [0.15, 0.2) is 17.5 Å². The first-order chi connectivity index (χ1) is 24.8. The van der Waals surface area contributed by atoms with Crippen LogP contribution in [0.3, 0.4) is 0 Å². The fourth-order valence-electron chi connectivity index (χ4n) is 7.22. The van der Waals surface area contributed by atoms with Gasteiger partial charge >= 0.3 is 0 Å². The predicted octanol–water partition coefficient (Wildman–Crippen LogP) is 10.3. The van der Waals surface area contributed by atoms with Crippen molar-refractivity contribution in [2.24, 2.45) is 0 Å². The number of rotatable bonds is 3. The van der Waals surface area contributed by atoms with Gasteiger partial charge < -0.3 is 8.83 Å². The zero-order valence-corrected chi connectivity index (χ0v) is 26.2. The van der Waals surface area contributed by atoms with Gasteiger partial charge in [-0.15, -0.1) is 0 Å². The first kappa shape index (κ1) is 26.9. The molecule has 8 heteroatoms. The van der Waals surface area contributed by atoms with Crippen LogP contribution in [-0.4, -0.2) is 29.9 Å². The van der Waals surface area contributed by atoms with Gasteiger partial charge in [-0.3, -0.25) is 4.98 Å². The van der Waals surface area contributed by atoms with Gasteiger partial charge in [0.05, 0.1) is 16.3 Å². The standard InChI is InChI=1S/C42H22N6O2/c1-2-8-25-23(7-1)13-15-26-27-16-14-24(21-33(27)45-22-32(25)26)38-46-39(30-17-19-43-41-36(30)28-9-3-5-11-34(28)49-41)48-40(47-38)31-18-20-44-42-37(31)29-10-4-6-12-35(29)50-42/h1-22H. The van der Waals surface area contributed by atoms with Gasteiger partial charge in [0.25, 0.3) is 0 Å². The van der Waals surface area contributed by atoms with E-state index < -0.39 is 0 Å². The van der Waals surface area contributed by atoms with Crippen molar-refractivity contribution in [2.45, 2.75) is 0 Å². The lowest BCUT2D eigenvalue weighted by atomic mass is 9.99. The van der Waals surface area contributed by atoms with Crippen LogP contribution in [0.5, 0.6) is 0 Å². The van der Waals surface area contributed by atoms with Crippen LogP contribution in [0.1, 0.15) is 0 Å². The number of para-hydroxylation sites is 2. The largest absolute Gasteiger partial charge is 0.438 e. The summed E-state index contributed by atoms with van der Waals surface area (Å²) >= 11 is 0. The molecular weight excluding hydrogens is 621 g/mol. The summed E-state index contributed by atoms with van der Waals surface area (Å²) in [6, 6.07) is 38.7. The number of hydrogen-bond donors (Lipinski definition) is 0. The van der Waals surface area contributed by atoms with Crippen LogP contribution in [0.15, 0.2) is 143 Å². The molecule has 0 aliphatic rings. The van der Waals surface area contributed by atoms with E-state index in [2.05, 4.69) is 64.6 Å². The molecule has 0 atom stereocenters. The molecule has 0 radical (unpaired) electrons. The minimum Gasteiger partial charge on any atom is -0.438 e. The van der Waals surface area contributed by atoms with E-state index >= 15 is 0 Å². The maximum absolute atomic E-state index is 6.14. The minimum absolute atomic E-state index is 0.500. The number of pyridine rings is 3. The molecule has 0 saturated carbocycles. The maximum Gasteiger partial charge on any atom is 0.228 e. The van der Waals surface area contributed by atoms with Crippen LogP contribution in [0, 0.1) is 0 Å². The molecule has 0 fully saturated rings. The summed E-state index contributed by atoms with van der Waals surface area (Å²) < 4.78 is 12.3. The van der Waals surface area contributed by atoms with Crippen molar-refractivity contribution in [2.75, 3.05) is 0 Å².